The smallest absolute Gasteiger partial charge is 0.259 e. The Morgan fingerprint density at radius 1 is 1.21 bits per heavy atom. The first-order valence-electron chi connectivity index (χ1n) is 13.3. The minimum atomic E-state index is -1.65. The number of hydrogen-bond donors (Lipinski definition) is 3. The average molecular weight is 622 g/mol. The SMILES string of the molecule is COC1C(C(=O)N(c2cc(Cl)cc(C#N)c2)[C@H]2CCC[C@@H]2O)OC(CO)C(O)C1n1cc(-c2cc(F)c(F)c(F)c2)nn1. The number of aromatic nitrogens is 3. The predicted octanol–water partition coefficient (Wildman–Crippen LogP) is 2.51. The third-order valence-electron chi connectivity index (χ3n) is 7.78. The van der Waals surface area contributed by atoms with Crippen molar-refractivity contribution in [3.05, 3.63) is 64.6 Å². The van der Waals surface area contributed by atoms with Crippen LogP contribution in [0, 0.1) is 28.8 Å². The fourth-order valence-electron chi connectivity index (χ4n) is 5.74. The second kappa shape index (κ2) is 12.6. The number of methoxy groups -OCH3 is 1. The summed E-state index contributed by atoms with van der Waals surface area (Å²) >= 11 is 6.25. The van der Waals surface area contributed by atoms with Gasteiger partial charge in [0.15, 0.2) is 23.6 Å². The fraction of sp³-hybridized carbons (Fsp3) is 0.429. The summed E-state index contributed by atoms with van der Waals surface area (Å²) in [6.07, 6.45) is -3.78. The molecule has 2 aliphatic rings. The maximum absolute atomic E-state index is 14.3. The largest absolute Gasteiger partial charge is 0.394 e. The van der Waals surface area contributed by atoms with E-state index >= 15 is 0 Å². The highest BCUT2D eigenvalue weighted by Gasteiger charge is 2.52. The first-order chi connectivity index (χ1) is 20.6. The number of carbonyl (C=O) groups is 1. The molecule has 1 saturated heterocycles. The second-order valence-corrected chi connectivity index (χ2v) is 10.8. The lowest BCUT2D eigenvalue weighted by Crippen LogP contribution is -2.62. The molecule has 1 aliphatic carbocycles. The zero-order chi connectivity index (χ0) is 31.0. The lowest BCUT2D eigenvalue weighted by Gasteiger charge is -2.45. The molecule has 3 aromatic rings. The van der Waals surface area contributed by atoms with Gasteiger partial charge in [-0.05, 0) is 49.6 Å². The first-order valence-corrected chi connectivity index (χ1v) is 13.7. The van der Waals surface area contributed by atoms with E-state index in [1.54, 1.807) is 0 Å². The van der Waals surface area contributed by atoms with Crippen LogP contribution in [0.15, 0.2) is 36.5 Å². The van der Waals surface area contributed by atoms with E-state index in [9.17, 15) is 38.5 Å². The molecule has 0 radical (unpaired) electrons. The summed E-state index contributed by atoms with van der Waals surface area (Å²) in [5.41, 5.74) is 0.185. The molecule has 7 atom stereocenters. The number of rotatable bonds is 7. The van der Waals surface area contributed by atoms with Gasteiger partial charge in [0.2, 0.25) is 0 Å². The van der Waals surface area contributed by atoms with E-state index in [1.807, 2.05) is 6.07 Å². The van der Waals surface area contributed by atoms with E-state index in [-0.39, 0.29) is 27.5 Å². The number of aliphatic hydroxyl groups is 3. The van der Waals surface area contributed by atoms with Gasteiger partial charge in [0.25, 0.3) is 5.91 Å². The van der Waals surface area contributed by atoms with Gasteiger partial charge in [-0.15, -0.1) is 5.10 Å². The lowest BCUT2D eigenvalue weighted by atomic mass is 9.91. The number of ether oxygens (including phenoxy) is 2. The van der Waals surface area contributed by atoms with Gasteiger partial charge in [0.1, 0.15) is 30.0 Å². The van der Waals surface area contributed by atoms with Gasteiger partial charge in [0, 0.05) is 23.4 Å². The average Bonchev–Trinajstić information content (AvgIpc) is 3.64. The Labute approximate surface area is 248 Å². The Bertz CT molecular complexity index is 1530. The summed E-state index contributed by atoms with van der Waals surface area (Å²) in [4.78, 5) is 15.6. The van der Waals surface area contributed by atoms with Gasteiger partial charge in [0.05, 0.1) is 36.6 Å². The number of carbonyl (C=O) groups excluding carboxylic acids is 1. The summed E-state index contributed by atoms with van der Waals surface area (Å²) in [5, 5.41) is 49.5. The van der Waals surface area contributed by atoms with Gasteiger partial charge < -0.3 is 29.7 Å². The number of nitrogens with zero attached hydrogens (tertiary/aromatic N) is 5. The summed E-state index contributed by atoms with van der Waals surface area (Å²) in [7, 11) is 1.26. The van der Waals surface area contributed by atoms with Crippen LogP contribution in [0.3, 0.4) is 0 Å². The molecule has 2 fully saturated rings. The van der Waals surface area contributed by atoms with Crippen LogP contribution >= 0.6 is 11.6 Å². The van der Waals surface area contributed by atoms with Crippen LogP contribution < -0.4 is 4.90 Å². The zero-order valence-electron chi connectivity index (χ0n) is 22.6. The van der Waals surface area contributed by atoms with Crippen molar-refractivity contribution in [1.82, 2.24) is 15.0 Å². The van der Waals surface area contributed by atoms with Crippen LogP contribution in [0.1, 0.15) is 30.9 Å². The Kier molecular flexibility index (Phi) is 9.02. The number of aliphatic hydroxyl groups excluding tert-OH is 3. The maximum atomic E-state index is 14.3. The van der Waals surface area contributed by atoms with Crippen LogP contribution in [0.4, 0.5) is 18.9 Å². The molecule has 5 unspecified atom stereocenters. The van der Waals surface area contributed by atoms with Gasteiger partial charge in [-0.25, -0.2) is 17.9 Å². The van der Waals surface area contributed by atoms with Crippen molar-refractivity contribution >= 4 is 23.2 Å². The number of benzene rings is 2. The normalized spacial score (nSPS) is 27.2. The molecular weight excluding hydrogens is 595 g/mol. The zero-order valence-corrected chi connectivity index (χ0v) is 23.4. The molecule has 1 aliphatic heterocycles. The number of anilines is 1. The van der Waals surface area contributed by atoms with Crippen LogP contribution in [0.25, 0.3) is 11.3 Å². The van der Waals surface area contributed by atoms with E-state index < -0.39 is 72.6 Å². The van der Waals surface area contributed by atoms with E-state index in [2.05, 4.69) is 10.3 Å². The van der Waals surface area contributed by atoms with Gasteiger partial charge in [-0.1, -0.05) is 16.8 Å². The second-order valence-electron chi connectivity index (χ2n) is 10.4. The minimum absolute atomic E-state index is 0.0755. The summed E-state index contributed by atoms with van der Waals surface area (Å²) < 4.78 is 53.9. The van der Waals surface area contributed by atoms with Crippen molar-refractivity contribution in [2.75, 3.05) is 18.6 Å². The van der Waals surface area contributed by atoms with Crippen molar-refractivity contribution in [3.8, 4) is 17.3 Å². The molecule has 5 rings (SSSR count). The van der Waals surface area contributed by atoms with Crippen LogP contribution in [-0.4, -0.2) is 86.5 Å². The Morgan fingerprint density at radius 2 is 1.93 bits per heavy atom. The molecular formula is C28H27ClF3N5O6. The van der Waals surface area contributed by atoms with Crippen molar-refractivity contribution in [2.24, 2.45) is 0 Å². The van der Waals surface area contributed by atoms with Crippen molar-refractivity contribution < 1.29 is 42.8 Å². The monoisotopic (exact) mass is 621 g/mol. The summed E-state index contributed by atoms with van der Waals surface area (Å²) in [5.74, 6) is -5.24. The molecule has 3 N–H and O–H groups in total. The minimum Gasteiger partial charge on any atom is -0.394 e. The fourth-order valence-corrected chi connectivity index (χ4v) is 5.97. The number of halogens is 4. The number of hydrogen-bond acceptors (Lipinski definition) is 9. The molecule has 2 aromatic carbocycles. The maximum Gasteiger partial charge on any atom is 0.259 e. The molecule has 15 heteroatoms. The van der Waals surface area contributed by atoms with Crippen molar-refractivity contribution in [1.29, 1.82) is 5.26 Å². The predicted molar refractivity (Wildman–Crippen MR) is 144 cm³/mol. The lowest BCUT2D eigenvalue weighted by molar-refractivity contribution is -0.211. The molecule has 11 nitrogen and oxygen atoms in total. The van der Waals surface area contributed by atoms with E-state index in [1.165, 1.54) is 36.4 Å². The standard InChI is InChI=1S/C28H27ClF3N5O6/c1-42-26-24(36-11-19(34-35-36)14-7-17(30)23(32)18(31)8-14)25(40)22(12-38)43-27(26)28(41)37(20-3-2-4-21(20)39)16-6-13(10-33)5-15(29)9-16/h5-9,11,20-22,24-27,38-40H,2-4,12H2,1H3/t20-,21-,22?,24?,25?,26?,27?/m0/s1. The van der Waals surface area contributed by atoms with Crippen LogP contribution in [-0.2, 0) is 14.3 Å². The quantitative estimate of drug-likeness (QED) is 0.338. The Hall–Kier alpha value is -3.58. The third kappa shape index (κ3) is 5.84. The van der Waals surface area contributed by atoms with Crippen molar-refractivity contribution in [2.45, 2.75) is 61.9 Å². The topological polar surface area (TPSA) is 154 Å². The number of nitriles is 1. The molecule has 0 spiro atoms. The molecule has 228 valence electrons. The molecule has 43 heavy (non-hydrogen) atoms. The van der Waals surface area contributed by atoms with Gasteiger partial charge in [-0.2, -0.15) is 5.26 Å². The number of amides is 1. The molecule has 1 amide bonds. The van der Waals surface area contributed by atoms with Gasteiger partial charge >= 0.3 is 0 Å². The molecule has 0 bridgehead atoms. The van der Waals surface area contributed by atoms with E-state index in [0.29, 0.717) is 19.3 Å². The highest BCUT2D eigenvalue weighted by atomic mass is 35.5. The van der Waals surface area contributed by atoms with E-state index in [0.717, 1.165) is 16.8 Å². The summed E-state index contributed by atoms with van der Waals surface area (Å²) in [6, 6.07) is 5.85. The molecule has 1 saturated carbocycles. The van der Waals surface area contributed by atoms with Crippen LogP contribution in [0.2, 0.25) is 5.02 Å². The van der Waals surface area contributed by atoms with Crippen molar-refractivity contribution in [3.63, 3.8) is 0 Å². The highest BCUT2D eigenvalue weighted by molar-refractivity contribution is 6.31. The first kappa shape index (κ1) is 30.9. The molecule has 1 aromatic heterocycles. The van der Waals surface area contributed by atoms with Crippen LogP contribution in [0.5, 0.6) is 0 Å². The van der Waals surface area contributed by atoms with E-state index in [4.69, 9.17) is 21.1 Å². The molecule has 2 heterocycles. The Morgan fingerprint density at radius 3 is 2.53 bits per heavy atom. The summed E-state index contributed by atoms with van der Waals surface area (Å²) in [6.45, 7) is -0.713. The van der Waals surface area contributed by atoms with Gasteiger partial charge in [-0.3, -0.25) is 4.79 Å². The Balaban J connectivity index is 1.55. The highest BCUT2D eigenvalue weighted by Crippen LogP contribution is 2.37. The third-order valence-corrected chi connectivity index (χ3v) is 8.00.